The normalized spacial score (nSPS) is 11.3. The zero-order chi connectivity index (χ0) is 14.2. The quantitative estimate of drug-likeness (QED) is 0.780. The predicted octanol–water partition coefficient (Wildman–Crippen LogP) is 2.90. The second-order valence-electron chi connectivity index (χ2n) is 4.08. The average molecular weight is 303 g/mol. The molecular weight excluding hydrogens is 294 g/mol. The van der Waals surface area contributed by atoms with Crippen molar-refractivity contribution in [2.75, 3.05) is 4.72 Å². The van der Waals surface area contributed by atoms with Crippen LogP contribution in [0.15, 0.2) is 46.1 Å². The number of rotatable bonds is 3. The maximum Gasteiger partial charge on any atom is 0.271 e. The lowest BCUT2D eigenvalue weighted by molar-refractivity contribution is 0.603. The molecule has 0 radical (unpaired) electrons. The van der Waals surface area contributed by atoms with Crippen molar-refractivity contribution in [3.05, 3.63) is 47.5 Å². The molecular formula is C13H9N3O2S2. The second kappa shape index (κ2) is 4.67. The molecule has 0 aliphatic heterocycles. The number of nitriles is 1. The zero-order valence-corrected chi connectivity index (χ0v) is 11.8. The Morgan fingerprint density at radius 1 is 1.25 bits per heavy atom. The Morgan fingerprint density at radius 3 is 2.80 bits per heavy atom. The number of aromatic nitrogens is 1. The predicted molar refractivity (Wildman–Crippen MR) is 78.1 cm³/mol. The number of hydrogen-bond acceptors (Lipinski definition) is 4. The van der Waals surface area contributed by atoms with Crippen molar-refractivity contribution in [2.45, 2.75) is 4.21 Å². The number of benzene rings is 1. The number of H-pyrrole nitrogens is 1. The molecule has 0 amide bonds. The van der Waals surface area contributed by atoms with Crippen LogP contribution in [0.25, 0.3) is 10.9 Å². The average Bonchev–Trinajstić information content (AvgIpc) is 3.08. The minimum absolute atomic E-state index is 0.251. The van der Waals surface area contributed by atoms with Gasteiger partial charge in [-0.2, -0.15) is 5.26 Å². The Bertz CT molecular complexity index is 903. The molecule has 2 heterocycles. The van der Waals surface area contributed by atoms with Crippen molar-refractivity contribution in [1.82, 2.24) is 4.98 Å². The number of nitrogens with one attached hydrogen (secondary N) is 2. The molecule has 0 saturated carbocycles. The fourth-order valence-corrected chi connectivity index (χ4v) is 4.01. The van der Waals surface area contributed by atoms with E-state index in [9.17, 15) is 8.42 Å². The van der Waals surface area contributed by atoms with Gasteiger partial charge < -0.3 is 4.98 Å². The standard InChI is InChI=1S/C13H9N3O2S2/c14-7-9-8-15-13-10(9)3-1-4-11(13)16-20(17,18)12-5-2-6-19-12/h1-6,8,15-16H. The number of thiophene rings is 1. The molecule has 7 heteroatoms. The smallest absolute Gasteiger partial charge is 0.271 e. The molecule has 0 atom stereocenters. The van der Waals surface area contributed by atoms with Crippen molar-refractivity contribution >= 4 is 38.0 Å². The molecule has 3 aromatic rings. The van der Waals surface area contributed by atoms with Crippen LogP contribution in [-0.2, 0) is 10.0 Å². The summed E-state index contributed by atoms with van der Waals surface area (Å²) in [5.41, 5.74) is 1.51. The van der Waals surface area contributed by atoms with E-state index in [1.807, 2.05) is 0 Å². The third-order valence-corrected chi connectivity index (χ3v) is 5.60. The van der Waals surface area contributed by atoms with Crippen LogP contribution in [0.1, 0.15) is 5.56 Å². The van der Waals surface area contributed by atoms with Crippen LogP contribution >= 0.6 is 11.3 Å². The van der Waals surface area contributed by atoms with Gasteiger partial charge in [-0.15, -0.1) is 11.3 Å². The van der Waals surface area contributed by atoms with Crippen molar-refractivity contribution in [2.24, 2.45) is 0 Å². The monoisotopic (exact) mass is 303 g/mol. The Labute approximate surface area is 119 Å². The minimum atomic E-state index is -3.59. The summed E-state index contributed by atoms with van der Waals surface area (Å²) in [7, 11) is -3.59. The molecule has 2 aromatic heterocycles. The van der Waals surface area contributed by atoms with Crippen molar-refractivity contribution in [3.63, 3.8) is 0 Å². The summed E-state index contributed by atoms with van der Waals surface area (Å²) in [6.07, 6.45) is 1.56. The Kier molecular flexibility index (Phi) is 2.97. The highest BCUT2D eigenvalue weighted by Gasteiger charge is 2.17. The Morgan fingerprint density at radius 2 is 2.10 bits per heavy atom. The largest absolute Gasteiger partial charge is 0.358 e. The maximum atomic E-state index is 12.2. The van der Waals surface area contributed by atoms with Gasteiger partial charge in [-0.1, -0.05) is 18.2 Å². The van der Waals surface area contributed by atoms with E-state index in [-0.39, 0.29) is 4.21 Å². The highest BCUT2D eigenvalue weighted by atomic mass is 32.2. The molecule has 0 aliphatic rings. The third kappa shape index (κ3) is 2.05. The first-order chi connectivity index (χ1) is 9.62. The van der Waals surface area contributed by atoms with Gasteiger partial charge in [0.15, 0.2) is 0 Å². The highest BCUT2D eigenvalue weighted by molar-refractivity contribution is 7.94. The van der Waals surface area contributed by atoms with E-state index in [4.69, 9.17) is 5.26 Å². The maximum absolute atomic E-state index is 12.2. The molecule has 20 heavy (non-hydrogen) atoms. The summed E-state index contributed by atoms with van der Waals surface area (Å²) < 4.78 is 27.2. The Hall–Kier alpha value is -2.30. The van der Waals surface area contributed by atoms with Gasteiger partial charge in [0.1, 0.15) is 10.3 Å². The van der Waals surface area contributed by atoms with Gasteiger partial charge in [-0.05, 0) is 17.5 Å². The van der Waals surface area contributed by atoms with Crippen LogP contribution < -0.4 is 4.72 Å². The van der Waals surface area contributed by atoms with E-state index in [0.717, 1.165) is 11.3 Å². The number of aromatic amines is 1. The number of fused-ring (bicyclic) bond motifs is 1. The number of nitrogens with zero attached hydrogens (tertiary/aromatic N) is 1. The summed E-state index contributed by atoms with van der Waals surface area (Å²) in [4.78, 5) is 2.93. The van der Waals surface area contributed by atoms with Gasteiger partial charge in [0.2, 0.25) is 0 Å². The van der Waals surface area contributed by atoms with Crippen LogP contribution in [0.4, 0.5) is 5.69 Å². The molecule has 0 unspecified atom stereocenters. The highest BCUT2D eigenvalue weighted by Crippen LogP contribution is 2.27. The lowest BCUT2D eigenvalue weighted by Gasteiger charge is -2.07. The molecule has 1 aromatic carbocycles. The van der Waals surface area contributed by atoms with Crippen LogP contribution in [-0.4, -0.2) is 13.4 Å². The van der Waals surface area contributed by atoms with E-state index in [1.54, 1.807) is 41.9 Å². The second-order valence-corrected chi connectivity index (χ2v) is 6.94. The summed E-state index contributed by atoms with van der Waals surface area (Å²) in [6.45, 7) is 0. The number of hydrogen-bond donors (Lipinski definition) is 2. The molecule has 100 valence electrons. The van der Waals surface area contributed by atoms with E-state index in [2.05, 4.69) is 15.8 Å². The van der Waals surface area contributed by atoms with Gasteiger partial charge in [-0.25, -0.2) is 8.42 Å². The van der Waals surface area contributed by atoms with Crippen LogP contribution in [0.3, 0.4) is 0 Å². The van der Waals surface area contributed by atoms with E-state index in [1.165, 1.54) is 0 Å². The summed E-state index contributed by atoms with van der Waals surface area (Å²) >= 11 is 1.15. The van der Waals surface area contributed by atoms with Gasteiger partial charge in [0.25, 0.3) is 10.0 Å². The molecule has 5 nitrogen and oxygen atoms in total. The number of sulfonamides is 1. The molecule has 0 saturated heterocycles. The molecule has 0 spiro atoms. The van der Waals surface area contributed by atoms with E-state index in [0.29, 0.717) is 22.2 Å². The number of para-hydroxylation sites is 1. The SMILES string of the molecule is N#Cc1c[nH]c2c(NS(=O)(=O)c3cccs3)cccc12. The Balaban J connectivity index is 2.09. The van der Waals surface area contributed by atoms with Gasteiger partial charge in [-0.3, -0.25) is 4.72 Å². The van der Waals surface area contributed by atoms with Crippen molar-refractivity contribution in [3.8, 4) is 6.07 Å². The fourth-order valence-electron chi connectivity index (χ4n) is 1.94. The van der Waals surface area contributed by atoms with Gasteiger partial charge in [0, 0.05) is 11.6 Å². The first-order valence-corrected chi connectivity index (χ1v) is 8.04. The van der Waals surface area contributed by atoms with Crippen molar-refractivity contribution < 1.29 is 8.42 Å². The number of anilines is 1. The molecule has 0 fully saturated rings. The molecule has 2 N–H and O–H groups in total. The molecule has 0 bridgehead atoms. The van der Waals surface area contributed by atoms with Crippen molar-refractivity contribution in [1.29, 1.82) is 5.26 Å². The summed E-state index contributed by atoms with van der Waals surface area (Å²) in [5.74, 6) is 0. The van der Waals surface area contributed by atoms with E-state index >= 15 is 0 Å². The lowest BCUT2D eigenvalue weighted by Crippen LogP contribution is -2.11. The minimum Gasteiger partial charge on any atom is -0.358 e. The van der Waals surface area contributed by atoms with Gasteiger partial charge in [0.05, 0.1) is 16.8 Å². The van der Waals surface area contributed by atoms with E-state index < -0.39 is 10.0 Å². The molecule has 3 rings (SSSR count). The topological polar surface area (TPSA) is 85.8 Å². The lowest BCUT2D eigenvalue weighted by atomic mass is 10.2. The first kappa shape index (κ1) is 12.7. The first-order valence-electron chi connectivity index (χ1n) is 5.68. The van der Waals surface area contributed by atoms with Crippen LogP contribution in [0.2, 0.25) is 0 Å². The zero-order valence-electron chi connectivity index (χ0n) is 10.1. The third-order valence-electron chi connectivity index (χ3n) is 2.84. The van der Waals surface area contributed by atoms with Crippen LogP contribution in [0.5, 0.6) is 0 Å². The van der Waals surface area contributed by atoms with Crippen LogP contribution in [0, 0.1) is 11.3 Å². The summed E-state index contributed by atoms with van der Waals surface area (Å²) in [5, 5.41) is 11.4. The fraction of sp³-hybridized carbons (Fsp3) is 0. The summed E-state index contributed by atoms with van der Waals surface area (Å²) in [6, 6.07) is 10.4. The van der Waals surface area contributed by atoms with Gasteiger partial charge >= 0.3 is 0 Å². The molecule has 0 aliphatic carbocycles.